The zero-order chi connectivity index (χ0) is 11.5. The molecule has 1 saturated heterocycles. The van der Waals surface area contributed by atoms with E-state index in [0.29, 0.717) is 11.1 Å². The minimum absolute atomic E-state index is 0.140. The van der Waals surface area contributed by atoms with E-state index in [1.807, 2.05) is 12.1 Å². The van der Waals surface area contributed by atoms with Gasteiger partial charge in [-0.3, -0.25) is 4.90 Å². The fourth-order valence-electron chi connectivity index (χ4n) is 1.94. The first-order valence-electron chi connectivity index (χ1n) is 5.46. The van der Waals surface area contributed by atoms with Crippen molar-refractivity contribution in [2.24, 2.45) is 0 Å². The van der Waals surface area contributed by atoms with Crippen molar-refractivity contribution >= 4 is 11.6 Å². The maximum absolute atomic E-state index is 9.33. The van der Waals surface area contributed by atoms with Crippen LogP contribution in [0.3, 0.4) is 0 Å². The van der Waals surface area contributed by atoms with Crippen LogP contribution in [0, 0.1) is 0 Å². The molecular weight excluding hydrogens is 226 g/mol. The van der Waals surface area contributed by atoms with Crippen molar-refractivity contribution in [3.05, 3.63) is 28.8 Å². The van der Waals surface area contributed by atoms with Crippen LogP contribution >= 0.6 is 11.6 Å². The van der Waals surface area contributed by atoms with Gasteiger partial charge in [0.15, 0.2) is 0 Å². The standard InChI is InChI=1S/C12H16ClNO2/c1-9-7-14(4-5-16-9)8-10-2-3-12(15)11(13)6-10/h2-3,6,9,15H,4-5,7-8H2,1H3. The van der Waals surface area contributed by atoms with E-state index in [2.05, 4.69) is 11.8 Å². The van der Waals surface area contributed by atoms with E-state index in [1.54, 1.807) is 6.07 Å². The molecule has 0 aromatic heterocycles. The van der Waals surface area contributed by atoms with E-state index in [1.165, 1.54) is 0 Å². The van der Waals surface area contributed by atoms with Gasteiger partial charge in [0.05, 0.1) is 17.7 Å². The van der Waals surface area contributed by atoms with Crippen molar-refractivity contribution in [1.29, 1.82) is 0 Å². The average Bonchev–Trinajstić information content (AvgIpc) is 2.24. The fourth-order valence-corrected chi connectivity index (χ4v) is 2.14. The van der Waals surface area contributed by atoms with E-state index in [4.69, 9.17) is 16.3 Å². The highest BCUT2D eigenvalue weighted by Crippen LogP contribution is 2.24. The number of phenolic OH excluding ortho intramolecular Hbond substituents is 1. The van der Waals surface area contributed by atoms with E-state index >= 15 is 0 Å². The Morgan fingerprint density at radius 2 is 2.38 bits per heavy atom. The minimum atomic E-state index is 0.140. The molecule has 4 heteroatoms. The van der Waals surface area contributed by atoms with E-state index in [9.17, 15) is 5.11 Å². The molecule has 1 aromatic carbocycles. The second kappa shape index (κ2) is 5.04. The summed E-state index contributed by atoms with van der Waals surface area (Å²) in [6.45, 7) is 5.61. The second-order valence-corrected chi connectivity index (χ2v) is 4.61. The molecule has 0 spiro atoms. The summed E-state index contributed by atoms with van der Waals surface area (Å²) < 4.78 is 5.48. The van der Waals surface area contributed by atoms with Gasteiger partial charge in [-0.25, -0.2) is 0 Å². The van der Waals surface area contributed by atoms with Crippen LogP contribution in [-0.4, -0.2) is 35.8 Å². The number of aromatic hydroxyl groups is 1. The second-order valence-electron chi connectivity index (χ2n) is 4.20. The van der Waals surface area contributed by atoms with Gasteiger partial charge >= 0.3 is 0 Å². The number of halogens is 1. The van der Waals surface area contributed by atoms with Crippen LogP contribution in [-0.2, 0) is 11.3 Å². The van der Waals surface area contributed by atoms with E-state index in [0.717, 1.165) is 31.8 Å². The molecule has 0 radical (unpaired) electrons. The molecule has 1 aliphatic heterocycles. The number of phenols is 1. The van der Waals surface area contributed by atoms with Gasteiger partial charge in [0.25, 0.3) is 0 Å². The Bertz CT molecular complexity index is 370. The maximum Gasteiger partial charge on any atom is 0.134 e. The fraction of sp³-hybridized carbons (Fsp3) is 0.500. The number of benzene rings is 1. The van der Waals surface area contributed by atoms with Crippen LogP contribution in [0.15, 0.2) is 18.2 Å². The lowest BCUT2D eigenvalue weighted by atomic mass is 10.2. The summed E-state index contributed by atoms with van der Waals surface area (Å²) in [6.07, 6.45) is 0.293. The highest BCUT2D eigenvalue weighted by atomic mass is 35.5. The van der Waals surface area contributed by atoms with Gasteiger partial charge in [-0.05, 0) is 24.6 Å². The third-order valence-corrected chi connectivity index (χ3v) is 3.05. The molecule has 1 aliphatic rings. The van der Waals surface area contributed by atoms with Crippen LogP contribution in [0.1, 0.15) is 12.5 Å². The van der Waals surface area contributed by atoms with Crippen LogP contribution in [0.2, 0.25) is 5.02 Å². The molecule has 88 valence electrons. The van der Waals surface area contributed by atoms with Crippen LogP contribution in [0.5, 0.6) is 5.75 Å². The topological polar surface area (TPSA) is 32.7 Å². The van der Waals surface area contributed by atoms with Crippen molar-refractivity contribution in [3.63, 3.8) is 0 Å². The first-order valence-corrected chi connectivity index (χ1v) is 5.84. The molecule has 1 N–H and O–H groups in total. The number of nitrogens with zero attached hydrogens (tertiary/aromatic N) is 1. The van der Waals surface area contributed by atoms with Gasteiger partial charge in [0.1, 0.15) is 5.75 Å². The molecule has 16 heavy (non-hydrogen) atoms. The first kappa shape index (κ1) is 11.7. The van der Waals surface area contributed by atoms with Gasteiger partial charge in [-0.1, -0.05) is 17.7 Å². The summed E-state index contributed by atoms with van der Waals surface area (Å²) in [5.41, 5.74) is 1.12. The van der Waals surface area contributed by atoms with Gasteiger partial charge in [-0.15, -0.1) is 0 Å². The largest absolute Gasteiger partial charge is 0.506 e. The molecule has 1 atom stereocenters. The van der Waals surface area contributed by atoms with Crippen molar-refractivity contribution in [2.45, 2.75) is 19.6 Å². The highest BCUT2D eigenvalue weighted by molar-refractivity contribution is 6.32. The third-order valence-electron chi connectivity index (χ3n) is 2.74. The Kier molecular flexibility index (Phi) is 3.69. The lowest BCUT2D eigenvalue weighted by molar-refractivity contribution is -0.0212. The predicted molar refractivity (Wildman–Crippen MR) is 63.8 cm³/mol. The molecule has 2 rings (SSSR count). The molecule has 1 heterocycles. The zero-order valence-electron chi connectivity index (χ0n) is 9.32. The zero-order valence-corrected chi connectivity index (χ0v) is 10.1. The van der Waals surface area contributed by atoms with E-state index < -0.39 is 0 Å². The summed E-state index contributed by atoms with van der Waals surface area (Å²) in [5, 5.41) is 9.74. The molecule has 0 aliphatic carbocycles. The molecule has 0 amide bonds. The van der Waals surface area contributed by atoms with Crippen LogP contribution in [0.4, 0.5) is 0 Å². The van der Waals surface area contributed by atoms with Gasteiger partial charge in [0.2, 0.25) is 0 Å². The Labute approximate surface area is 101 Å². The Morgan fingerprint density at radius 3 is 3.06 bits per heavy atom. The monoisotopic (exact) mass is 241 g/mol. The molecule has 0 saturated carbocycles. The normalized spacial score (nSPS) is 22.2. The number of hydrogen-bond donors (Lipinski definition) is 1. The number of rotatable bonds is 2. The SMILES string of the molecule is CC1CN(Cc2ccc(O)c(Cl)c2)CCO1. The lowest BCUT2D eigenvalue weighted by Crippen LogP contribution is -2.40. The lowest BCUT2D eigenvalue weighted by Gasteiger charge is -2.31. The quantitative estimate of drug-likeness (QED) is 0.862. The summed E-state index contributed by atoms with van der Waals surface area (Å²) in [4.78, 5) is 2.33. The first-order chi connectivity index (χ1) is 7.65. The minimum Gasteiger partial charge on any atom is -0.506 e. The van der Waals surface area contributed by atoms with Crippen molar-refractivity contribution in [3.8, 4) is 5.75 Å². The Balaban J connectivity index is 2.00. The van der Waals surface area contributed by atoms with Crippen molar-refractivity contribution < 1.29 is 9.84 Å². The smallest absolute Gasteiger partial charge is 0.134 e. The van der Waals surface area contributed by atoms with Gasteiger partial charge < -0.3 is 9.84 Å². The Morgan fingerprint density at radius 1 is 1.56 bits per heavy atom. The third kappa shape index (κ3) is 2.88. The van der Waals surface area contributed by atoms with E-state index in [-0.39, 0.29) is 5.75 Å². The Hall–Kier alpha value is -0.770. The summed E-state index contributed by atoms with van der Waals surface area (Å²) in [6, 6.07) is 5.36. The number of morpholine rings is 1. The number of ether oxygens (including phenoxy) is 1. The molecule has 3 nitrogen and oxygen atoms in total. The summed E-state index contributed by atoms with van der Waals surface area (Å²) in [5.74, 6) is 0.140. The predicted octanol–water partition coefficient (Wildman–Crippen LogP) is 2.27. The van der Waals surface area contributed by atoms with Crippen molar-refractivity contribution in [1.82, 2.24) is 4.90 Å². The highest BCUT2D eigenvalue weighted by Gasteiger charge is 2.16. The molecule has 1 aromatic rings. The van der Waals surface area contributed by atoms with Gasteiger partial charge in [0, 0.05) is 19.6 Å². The average molecular weight is 242 g/mol. The summed E-state index contributed by atoms with van der Waals surface area (Å²) in [7, 11) is 0. The van der Waals surface area contributed by atoms with Crippen LogP contribution < -0.4 is 0 Å². The molecule has 1 fully saturated rings. The summed E-state index contributed by atoms with van der Waals surface area (Å²) >= 11 is 5.87. The van der Waals surface area contributed by atoms with Crippen molar-refractivity contribution in [2.75, 3.05) is 19.7 Å². The van der Waals surface area contributed by atoms with Gasteiger partial charge in [-0.2, -0.15) is 0 Å². The van der Waals surface area contributed by atoms with Crippen LogP contribution in [0.25, 0.3) is 0 Å². The maximum atomic E-state index is 9.33. The molecule has 0 bridgehead atoms. The molecular formula is C12H16ClNO2. The number of hydrogen-bond acceptors (Lipinski definition) is 3. The molecule has 1 unspecified atom stereocenters.